The first-order valence-electron chi connectivity index (χ1n) is 5.08. The second-order valence-corrected chi connectivity index (χ2v) is 4.58. The first-order chi connectivity index (χ1) is 6.91. The summed E-state index contributed by atoms with van der Waals surface area (Å²) in [7, 11) is 0. The summed E-state index contributed by atoms with van der Waals surface area (Å²) in [6.07, 6.45) is 2.96. The molecule has 0 aromatic rings. The van der Waals surface area contributed by atoms with E-state index in [1.54, 1.807) is 0 Å². The maximum atomic E-state index is 13.5. The summed E-state index contributed by atoms with van der Waals surface area (Å²) in [5, 5.41) is 9.77. The zero-order valence-corrected chi connectivity index (χ0v) is 9.17. The van der Waals surface area contributed by atoms with Crippen molar-refractivity contribution in [2.24, 2.45) is 0 Å². The van der Waals surface area contributed by atoms with Crippen LogP contribution < -0.4 is 0 Å². The van der Waals surface area contributed by atoms with Crippen molar-refractivity contribution in [3.63, 3.8) is 0 Å². The van der Waals surface area contributed by atoms with Crippen LogP contribution in [0, 0.1) is 0 Å². The molecule has 0 aromatic carbocycles. The normalized spacial score (nSPS) is 29.0. The number of aliphatic hydroxyl groups excluding tert-OH is 1. The highest BCUT2D eigenvalue weighted by Gasteiger charge is 2.34. The molecule has 0 bridgehead atoms. The van der Waals surface area contributed by atoms with Gasteiger partial charge < -0.3 is 9.84 Å². The predicted molar refractivity (Wildman–Crippen MR) is 55.8 cm³/mol. The highest BCUT2D eigenvalue weighted by molar-refractivity contribution is 5.47. The van der Waals surface area contributed by atoms with Crippen LogP contribution in [0.3, 0.4) is 0 Å². The molecule has 82 valence electrons. The Kier molecular flexibility index (Phi) is 2.23. The Bertz CT molecular complexity index is 388. The van der Waals surface area contributed by atoms with E-state index in [0.717, 1.165) is 5.57 Å². The van der Waals surface area contributed by atoms with E-state index in [4.69, 9.17) is 4.74 Å². The summed E-state index contributed by atoms with van der Waals surface area (Å²) < 4.78 is 19.1. The van der Waals surface area contributed by atoms with Gasteiger partial charge in [0.1, 0.15) is 5.60 Å². The number of hydrogen-bond donors (Lipinski definition) is 1. The van der Waals surface area contributed by atoms with E-state index in [1.807, 2.05) is 26.8 Å². The molecule has 0 fully saturated rings. The van der Waals surface area contributed by atoms with Crippen molar-refractivity contribution in [1.29, 1.82) is 0 Å². The quantitative estimate of drug-likeness (QED) is 0.666. The summed E-state index contributed by atoms with van der Waals surface area (Å²) >= 11 is 0. The van der Waals surface area contributed by atoms with Gasteiger partial charge in [-0.25, -0.2) is 4.39 Å². The lowest BCUT2D eigenvalue weighted by Crippen LogP contribution is -2.30. The van der Waals surface area contributed by atoms with Gasteiger partial charge >= 0.3 is 0 Å². The van der Waals surface area contributed by atoms with Crippen LogP contribution in [0.15, 0.2) is 34.9 Å². The predicted octanol–water partition coefficient (Wildman–Crippen LogP) is 2.61. The molecule has 2 nitrogen and oxygen atoms in total. The van der Waals surface area contributed by atoms with Crippen LogP contribution in [0.4, 0.5) is 4.39 Å². The van der Waals surface area contributed by atoms with Crippen LogP contribution in [0.25, 0.3) is 0 Å². The summed E-state index contributed by atoms with van der Waals surface area (Å²) in [6.45, 7) is 5.62. The van der Waals surface area contributed by atoms with E-state index < -0.39 is 11.7 Å². The number of ether oxygens (including phenoxy) is 1. The molecule has 0 aromatic heterocycles. The maximum absolute atomic E-state index is 13.5. The zero-order chi connectivity index (χ0) is 11.2. The van der Waals surface area contributed by atoms with Crippen molar-refractivity contribution in [2.75, 3.05) is 0 Å². The van der Waals surface area contributed by atoms with Crippen LogP contribution in [0.2, 0.25) is 0 Å². The Labute approximate surface area is 88.7 Å². The third-order valence-electron chi connectivity index (χ3n) is 2.67. The monoisotopic (exact) mass is 210 g/mol. The van der Waals surface area contributed by atoms with E-state index in [9.17, 15) is 9.50 Å². The second kappa shape index (κ2) is 3.20. The molecule has 1 atom stereocenters. The lowest BCUT2D eigenvalue weighted by Gasteiger charge is -2.34. The standard InChI is InChI=1S/C12H15FO2/c1-7-6-12(2,3)15-11-8(13)4-5-9(14)10(7)11/h4,6,9,14H,5H2,1-3H3/t9-/m1/s1. The lowest BCUT2D eigenvalue weighted by atomic mass is 9.88. The van der Waals surface area contributed by atoms with Crippen LogP contribution in [0.1, 0.15) is 27.2 Å². The van der Waals surface area contributed by atoms with Gasteiger partial charge in [-0.15, -0.1) is 0 Å². The molecule has 0 spiro atoms. The van der Waals surface area contributed by atoms with E-state index in [0.29, 0.717) is 12.0 Å². The van der Waals surface area contributed by atoms with E-state index in [1.165, 1.54) is 6.08 Å². The van der Waals surface area contributed by atoms with Crippen molar-refractivity contribution in [2.45, 2.75) is 38.9 Å². The zero-order valence-electron chi connectivity index (χ0n) is 9.17. The van der Waals surface area contributed by atoms with Gasteiger partial charge in [0.15, 0.2) is 11.6 Å². The summed E-state index contributed by atoms with van der Waals surface area (Å²) in [5.74, 6) is -0.158. The second-order valence-electron chi connectivity index (χ2n) is 4.58. The van der Waals surface area contributed by atoms with Gasteiger partial charge in [0, 0.05) is 5.57 Å². The number of hydrogen-bond acceptors (Lipinski definition) is 2. The molecule has 0 amide bonds. The Hall–Kier alpha value is -1.09. The summed E-state index contributed by atoms with van der Waals surface area (Å²) in [5.41, 5.74) is 0.983. The molecule has 2 rings (SSSR count). The summed E-state index contributed by atoms with van der Waals surface area (Å²) in [6, 6.07) is 0. The molecule has 1 aliphatic carbocycles. The average Bonchev–Trinajstić information content (AvgIpc) is 2.09. The third kappa shape index (κ3) is 1.72. The van der Waals surface area contributed by atoms with E-state index in [-0.39, 0.29) is 11.6 Å². The SMILES string of the molecule is CC1=CC(C)(C)OC2=C1[C@H](O)CC=C2F. The van der Waals surface area contributed by atoms with Crippen LogP contribution in [-0.4, -0.2) is 16.8 Å². The van der Waals surface area contributed by atoms with Crippen LogP contribution in [-0.2, 0) is 4.74 Å². The Morgan fingerprint density at radius 1 is 1.53 bits per heavy atom. The van der Waals surface area contributed by atoms with Crippen molar-refractivity contribution in [1.82, 2.24) is 0 Å². The van der Waals surface area contributed by atoms with E-state index in [2.05, 4.69) is 0 Å². The van der Waals surface area contributed by atoms with Gasteiger partial charge in [-0.05, 0) is 44.9 Å². The fourth-order valence-electron chi connectivity index (χ4n) is 2.14. The smallest absolute Gasteiger partial charge is 0.161 e. The van der Waals surface area contributed by atoms with Gasteiger partial charge in [-0.1, -0.05) is 0 Å². The minimum Gasteiger partial charge on any atom is -0.480 e. The molecular formula is C12H15FO2. The third-order valence-corrected chi connectivity index (χ3v) is 2.67. The minimum absolute atomic E-state index is 0.207. The molecule has 1 N–H and O–H groups in total. The van der Waals surface area contributed by atoms with Crippen molar-refractivity contribution >= 4 is 0 Å². The van der Waals surface area contributed by atoms with Crippen LogP contribution in [0.5, 0.6) is 0 Å². The first-order valence-corrected chi connectivity index (χ1v) is 5.08. The highest BCUT2D eigenvalue weighted by Crippen LogP contribution is 2.39. The molecule has 0 unspecified atom stereocenters. The molecule has 0 radical (unpaired) electrons. The summed E-state index contributed by atoms with van der Waals surface area (Å²) in [4.78, 5) is 0. The molecule has 1 aliphatic heterocycles. The number of aliphatic hydroxyl groups is 1. The first kappa shape index (κ1) is 10.4. The fraction of sp³-hybridized carbons (Fsp3) is 0.500. The fourth-order valence-corrected chi connectivity index (χ4v) is 2.14. The van der Waals surface area contributed by atoms with Gasteiger partial charge in [0.25, 0.3) is 0 Å². The molecular weight excluding hydrogens is 195 g/mol. The molecule has 15 heavy (non-hydrogen) atoms. The topological polar surface area (TPSA) is 29.5 Å². The van der Waals surface area contributed by atoms with Gasteiger partial charge in [0.05, 0.1) is 6.10 Å². The molecule has 1 heterocycles. The van der Waals surface area contributed by atoms with Crippen LogP contribution >= 0.6 is 0 Å². The Morgan fingerprint density at radius 3 is 2.87 bits per heavy atom. The Morgan fingerprint density at radius 2 is 2.20 bits per heavy atom. The number of halogens is 1. The Balaban J connectivity index is 2.50. The van der Waals surface area contributed by atoms with E-state index >= 15 is 0 Å². The van der Waals surface area contributed by atoms with Crippen molar-refractivity contribution in [3.8, 4) is 0 Å². The molecule has 0 saturated heterocycles. The van der Waals surface area contributed by atoms with Gasteiger partial charge in [0.2, 0.25) is 0 Å². The highest BCUT2D eigenvalue weighted by atomic mass is 19.1. The largest absolute Gasteiger partial charge is 0.480 e. The minimum atomic E-state index is -0.646. The van der Waals surface area contributed by atoms with Crippen molar-refractivity contribution in [3.05, 3.63) is 34.9 Å². The van der Waals surface area contributed by atoms with Gasteiger partial charge in [-0.3, -0.25) is 0 Å². The molecule has 0 saturated carbocycles. The lowest BCUT2D eigenvalue weighted by molar-refractivity contribution is 0.0613. The molecule has 3 heteroatoms. The maximum Gasteiger partial charge on any atom is 0.161 e. The number of allylic oxidation sites excluding steroid dienone is 1. The van der Waals surface area contributed by atoms with Gasteiger partial charge in [-0.2, -0.15) is 0 Å². The van der Waals surface area contributed by atoms with Crippen molar-refractivity contribution < 1.29 is 14.2 Å². The average molecular weight is 210 g/mol. The number of rotatable bonds is 0. The molecule has 2 aliphatic rings.